The summed E-state index contributed by atoms with van der Waals surface area (Å²) in [6.07, 6.45) is 0. The molecule has 6 nitrogen and oxygen atoms in total. The van der Waals surface area contributed by atoms with Crippen molar-refractivity contribution in [3.05, 3.63) is 24.3 Å². The van der Waals surface area contributed by atoms with Crippen molar-refractivity contribution in [2.75, 3.05) is 23.7 Å². The van der Waals surface area contributed by atoms with Gasteiger partial charge in [0.25, 0.3) is 0 Å². The predicted octanol–water partition coefficient (Wildman–Crippen LogP) is 0.927. The number of rotatable bonds is 1. The number of amides is 1. The van der Waals surface area contributed by atoms with Gasteiger partial charge in [-0.25, -0.2) is 4.98 Å². The Balaban J connectivity index is 2.21. The summed E-state index contributed by atoms with van der Waals surface area (Å²) in [7, 11) is 0. The maximum Gasteiger partial charge on any atom is 0.245 e. The van der Waals surface area contributed by atoms with Crippen LogP contribution in [0.3, 0.4) is 0 Å². The Labute approximate surface area is 117 Å². The van der Waals surface area contributed by atoms with Gasteiger partial charge in [-0.2, -0.15) is 4.98 Å². The number of benzene rings is 1. The maximum absolute atomic E-state index is 12.1. The Bertz CT molecular complexity index is 682. The molecule has 1 amide bonds. The van der Waals surface area contributed by atoms with Crippen LogP contribution in [0.1, 0.15) is 13.8 Å². The number of para-hydroxylation sites is 1. The quantitative estimate of drug-likeness (QED) is 0.806. The first-order valence-corrected chi connectivity index (χ1v) is 6.58. The van der Waals surface area contributed by atoms with Crippen LogP contribution in [0.5, 0.6) is 0 Å². The Morgan fingerprint density at radius 1 is 1.30 bits per heavy atom. The molecule has 0 bridgehead atoms. The van der Waals surface area contributed by atoms with E-state index in [-0.39, 0.29) is 11.9 Å². The highest BCUT2D eigenvalue weighted by molar-refractivity contribution is 5.96. The summed E-state index contributed by atoms with van der Waals surface area (Å²) < 4.78 is 0. The van der Waals surface area contributed by atoms with Crippen molar-refractivity contribution in [2.45, 2.75) is 19.4 Å². The van der Waals surface area contributed by atoms with Crippen molar-refractivity contribution in [3.8, 4) is 0 Å². The fraction of sp³-hybridized carbons (Fsp3) is 0.357. The van der Waals surface area contributed by atoms with Gasteiger partial charge in [0, 0.05) is 18.5 Å². The van der Waals surface area contributed by atoms with Gasteiger partial charge >= 0.3 is 0 Å². The van der Waals surface area contributed by atoms with E-state index in [0.29, 0.717) is 18.9 Å². The molecule has 3 rings (SSSR count). The van der Waals surface area contributed by atoms with Gasteiger partial charge < -0.3 is 16.0 Å². The normalized spacial score (nSPS) is 18.1. The second-order valence-corrected chi connectivity index (χ2v) is 5.39. The number of nitrogens with two attached hydrogens (primary N) is 1. The minimum Gasteiger partial charge on any atom is -0.368 e. The minimum atomic E-state index is -0.665. The Kier molecular flexibility index (Phi) is 2.74. The van der Waals surface area contributed by atoms with Gasteiger partial charge in [0.05, 0.1) is 5.52 Å². The van der Waals surface area contributed by atoms with E-state index >= 15 is 0 Å². The summed E-state index contributed by atoms with van der Waals surface area (Å²) in [5, 5.41) is 3.79. The van der Waals surface area contributed by atoms with Gasteiger partial charge in [-0.1, -0.05) is 12.1 Å². The highest BCUT2D eigenvalue weighted by Gasteiger charge is 2.39. The third-order valence-electron chi connectivity index (χ3n) is 3.71. The number of nitrogens with zero attached hydrogens (tertiary/aromatic N) is 3. The molecule has 20 heavy (non-hydrogen) atoms. The highest BCUT2D eigenvalue weighted by Crippen LogP contribution is 2.30. The standard InChI is InChI=1S/C14H17N5O/c1-14(2)12(20)16-7-8-19(14)11-9-5-3-4-6-10(9)17-13(15)18-11/h3-6H,7-8H2,1-2H3,(H,16,20)(H2,15,17,18). The zero-order valence-electron chi connectivity index (χ0n) is 11.6. The van der Waals surface area contributed by atoms with Gasteiger partial charge in [0.1, 0.15) is 11.4 Å². The predicted molar refractivity (Wildman–Crippen MR) is 78.4 cm³/mol. The van der Waals surface area contributed by atoms with Gasteiger partial charge in [0.15, 0.2) is 0 Å². The Morgan fingerprint density at radius 2 is 2.05 bits per heavy atom. The number of aromatic nitrogens is 2. The molecule has 1 aliphatic heterocycles. The number of carbonyl (C=O) groups is 1. The summed E-state index contributed by atoms with van der Waals surface area (Å²) in [6, 6.07) is 7.69. The third kappa shape index (κ3) is 1.84. The van der Waals surface area contributed by atoms with E-state index in [1.807, 2.05) is 43.0 Å². The molecule has 3 N–H and O–H groups in total. The van der Waals surface area contributed by atoms with Crippen molar-refractivity contribution in [1.29, 1.82) is 0 Å². The number of carbonyl (C=O) groups excluding carboxylic acids is 1. The van der Waals surface area contributed by atoms with Gasteiger partial charge in [0.2, 0.25) is 11.9 Å². The Hall–Kier alpha value is -2.37. The smallest absolute Gasteiger partial charge is 0.245 e. The summed E-state index contributed by atoms with van der Waals surface area (Å²) in [6.45, 7) is 5.06. The van der Waals surface area contributed by atoms with Crippen molar-refractivity contribution in [3.63, 3.8) is 0 Å². The molecule has 1 aliphatic rings. The first-order chi connectivity index (χ1) is 9.50. The number of piperazine rings is 1. The number of nitrogen functional groups attached to an aromatic ring is 1. The van der Waals surface area contributed by atoms with Crippen LogP contribution >= 0.6 is 0 Å². The molecule has 104 valence electrons. The van der Waals surface area contributed by atoms with Crippen LogP contribution < -0.4 is 16.0 Å². The van der Waals surface area contributed by atoms with Gasteiger partial charge in [-0.3, -0.25) is 4.79 Å². The maximum atomic E-state index is 12.1. The largest absolute Gasteiger partial charge is 0.368 e. The Morgan fingerprint density at radius 3 is 2.85 bits per heavy atom. The molecule has 0 radical (unpaired) electrons. The monoisotopic (exact) mass is 271 g/mol. The lowest BCUT2D eigenvalue weighted by Crippen LogP contribution is -2.62. The van der Waals surface area contributed by atoms with E-state index in [4.69, 9.17) is 5.73 Å². The molecule has 1 fully saturated rings. The number of hydrogen-bond donors (Lipinski definition) is 2. The highest BCUT2D eigenvalue weighted by atomic mass is 16.2. The molecular formula is C14H17N5O. The lowest BCUT2D eigenvalue weighted by Gasteiger charge is -2.42. The number of nitrogens with one attached hydrogen (secondary N) is 1. The molecular weight excluding hydrogens is 254 g/mol. The van der Waals surface area contributed by atoms with Gasteiger partial charge in [-0.05, 0) is 26.0 Å². The summed E-state index contributed by atoms with van der Waals surface area (Å²) in [5.74, 6) is 0.929. The summed E-state index contributed by atoms with van der Waals surface area (Å²) in [4.78, 5) is 22.7. The average Bonchev–Trinajstić information content (AvgIpc) is 2.41. The van der Waals surface area contributed by atoms with Crippen LogP contribution in [-0.2, 0) is 4.79 Å². The lowest BCUT2D eigenvalue weighted by molar-refractivity contribution is -0.126. The molecule has 1 aromatic heterocycles. The van der Waals surface area contributed by atoms with E-state index in [1.165, 1.54) is 0 Å². The van der Waals surface area contributed by atoms with Crippen molar-refractivity contribution in [1.82, 2.24) is 15.3 Å². The second kappa shape index (κ2) is 4.33. The molecule has 0 saturated carbocycles. The van der Waals surface area contributed by atoms with Crippen LogP contribution in [0.4, 0.5) is 11.8 Å². The zero-order chi connectivity index (χ0) is 14.3. The van der Waals surface area contributed by atoms with E-state index in [1.54, 1.807) is 0 Å². The fourth-order valence-electron chi connectivity index (χ4n) is 2.55. The third-order valence-corrected chi connectivity index (χ3v) is 3.71. The number of hydrogen-bond acceptors (Lipinski definition) is 5. The second-order valence-electron chi connectivity index (χ2n) is 5.39. The van der Waals surface area contributed by atoms with E-state index in [0.717, 1.165) is 10.9 Å². The molecule has 0 atom stereocenters. The van der Waals surface area contributed by atoms with Crippen LogP contribution in [0.2, 0.25) is 0 Å². The topological polar surface area (TPSA) is 84.1 Å². The molecule has 0 unspecified atom stereocenters. The lowest BCUT2D eigenvalue weighted by atomic mass is 9.98. The van der Waals surface area contributed by atoms with Crippen molar-refractivity contribution in [2.24, 2.45) is 0 Å². The molecule has 0 aliphatic carbocycles. The fourth-order valence-corrected chi connectivity index (χ4v) is 2.55. The number of fused-ring (bicyclic) bond motifs is 1. The molecule has 2 heterocycles. The van der Waals surface area contributed by atoms with Crippen LogP contribution in [0.15, 0.2) is 24.3 Å². The molecule has 0 spiro atoms. The van der Waals surface area contributed by atoms with Crippen LogP contribution in [0, 0.1) is 0 Å². The first-order valence-electron chi connectivity index (χ1n) is 6.58. The zero-order valence-corrected chi connectivity index (χ0v) is 11.6. The first kappa shape index (κ1) is 12.7. The number of anilines is 2. The van der Waals surface area contributed by atoms with Crippen molar-refractivity contribution < 1.29 is 4.79 Å². The molecule has 1 saturated heterocycles. The van der Waals surface area contributed by atoms with E-state index in [9.17, 15) is 4.79 Å². The molecule has 2 aromatic rings. The summed E-state index contributed by atoms with van der Waals surface area (Å²) in [5.41, 5.74) is 5.93. The molecule has 6 heteroatoms. The average molecular weight is 271 g/mol. The van der Waals surface area contributed by atoms with Crippen LogP contribution in [0.25, 0.3) is 10.9 Å². The van der Waals surface area contributed by atoms with Crippen LogP contribution in [-0.4, -0.2) is 34.5 Å². The molecule has 1 aromatic carbocycles. The SMILES string of the molecule is CC1(C)C(=O)NCCN1c1nc(N)nc2ccccc12. The van der Waals surface area contributed by atoms with E-state index < -0.39 is 5.54 Å². The summed E-state index contributed by atoms with van der Waals surface area (Å²) >= 11 is 0. The van der Waals surface area contributed by atoms with Crippen molar-refractivity contribution >= 4 is 28.6 Å². The van der Waals surface area contributed by atoms with E-state index in [2.05, 4.69) is 15.3 Å². The van der Waals surface area contributed by atoms with Gasteiger partial charge in [-0.15, -0.1) is 0 Å². The minimum absolute atomic E-state index is 0.00925.